The first-order chi connectivity index (χ1) is 9.61. The van der Waals surface area contributed by atoms with E-state index in [9.17, 15) is 4.79 Å². The first kappa shape index (κ1) is 14.8. The van der Waals surface area contributed by atoms with E-state index in [4.69, 9.17) is 10.2 Å². The summed E-state index contributed by atoms with van der Waals surface area (Å²) in [6.45, 7) is 6.57. The van der Waals surface area contributed by atoms with Gasteiger partial charge in [-0.25, -0.2) is 4.79 Å². The summed E-state index contributed by atoms with van der Waals surface area (Å²) in [6.07, 6.45) is 1.06. The molecule has 1 fully saturated rings. The van der Waals surface area contributed by atoms with E-state index < -0.39 is 5.97 Å². The van der Waals surface area contributed by atoms with Crippen molar-refractivity contribution >= 4 is 11.7 Å². The average Bonchev–Trinajstić information content (AvgIpc) is 2.64. The lowest BCUT2D eigenvalue weighted by atomic mass is 10.1. The summed E-state index contributed by atoms with van der Waals surface area (Å²) in [6, 6.07) is 5.52. The second-order valence-corrected chi connectivity index (χ2v) is 5.21. The number of carboxylic acids is 1. The Hall–Kier alpha value is -1.59. The van der Waals surface area contributed by atoms with E-state index in [0.29, 0.717) is 5.56 Å². The summed E-state index contributed by atoms with van der Waals surface area (Å²) in [5, 5.41) is 18.1. The van der Waals surface area contributed by atoms with Gasteiger partial charge in [0.05, 0.1) is 12.2 Å². The number of rotatable bonds is 4. The minimum atomic E-state index is -0.876. The van der Waals surface area contributed by atoms with Crippen LogP contribution in [0.2, 0.25) is 0 Å². The fraction of sp³-hybridized carbons (Fsp3) is 0.533. The van der Waals surface area contributed by atoms with Gasteiger partial charge in [-0.15, -0.1) is 0 Å². The smallest absolute Gasteiger partial charge is 0.335 e. The molecule has 1 aromatic carbocycles. The minimum Gasteiger partial charge on any atom is -0.478 e. The molecule has 1 aliphatic rings. The van der Waals surface area contributed by atoms with Gasteiger partial charge in [-0.3, -0.25) is 4.90 Å². The van der Waals surface area contributed by atoms with Crippen LogP contribution in [0.1, 0.15) is 22.3 Å². The summed E-state index contributed by atoms with van der Waals surface area (Å²) in [5.74, 6) is -0.876. The summed E-state index contributed by atoms with van der Waals surface area (Å²) >= 11 is 0. The molecule has 0 bridgehead atoms. The molecule has 1 heterocycles. The third kappa shape index (κ3) is 3.49. The Kier molecular flexibility index (Phi) is 4.98. The van der Waals surface area contributed by atoms with Crippen molar-refractivity contribution in [2.24, 2.45) is 0 Å². The van der Waals surface area contributed by atoms with Gasteiger partial charge in [0.15, 0.2) is 0 Å². The molecule has 2 rings (SSSR count). The van der Waals surface area contributed by atoms with Gasteiger partial charge in [-0.2, -0.15) is 0 Å². The summed E-state index contributed by atoms with van der Waals surface area (Å²) in [7, 11) is 0. The molecule has 0 unspecified atom stereocenters. The Morgan fingerprint density at radius 1 is 1.25 bits per heavy atom. The van der Waals surface area contributed by atoms with Crippen LogP contribution < -0.4 is 4.90 Å². The number of aryl methyl sites for hydroxylation is 1. The van der Waals surface area contributed by atoms with Crippen LogP contribution in [-0.4, -0.2) is 60.4 Å². The molecule has 0 spiro atoms. The fourth-order valence-corrected chi connectivity index (χ4v) is 2.68. The number of β-amino-alcohol motifs (C(OH)–C–C–N with tert-alkyl or cyclic N) is 1. The van der Waals surface area contributed by atoms with Crippen molar-refractivity contribution in [3.63, 3.8) is 0 Å². The lowest BCUT2D eigenvalue weighted by Gasteiger charge is -2.24. The number of benzene rings is 1. The third-order valence-corrected chi connectivity index (χ3v) is 3.81. The standard InChI is InChI=1S/C15H22N2O3/c1-12-11-13(3-4-14(12)15(19)20)17-6-2-5-16(7-8-17)9-10-18/h3-4,11,18H,2,5-10H2,1H3,(H,19,20). The summed E-state index contributed by atoms with van der Waals surface area (Å²) < 4.78 is 0. The highest BCUT2D eigenvalue weighted by atomic mass is 16.4. The van der Waals surface area contributed by atoms with Crippen molar-refractivity contribution in [3.05, 3.63) is 29.3 Å². The molecule has 20 heavy (non-hydrogen) atoms. The maximum Gasteiger partial charge on any atom is 0.335 e. The van der Waals surface area contributed by atoms with E-state index in [1.165, 1.54) is 0 Å². The van der Waals surface area contributed by atoms with Crippen molar-refractivity contribution in [3.8, 4) is 0 Å². The van der Waals surface area contributed by atoms with Gasteiger partial charge < -0.3 is 15.1 Å². The van der Waals surface area contributed by atoms with Crippen LogP contribution in [0.15, 0.2) is 18.2 Å². The van der Waals surface area contributed by atoms with Gasteiger partial charge in [-0.05, 0) is 43.7 Å². The Morgan fingerprint density at radius 2 is 2.05 bits per heavy atom. The number of aliphatic hydroxyl groups excluding tert-OH is 1. The zero-order valence-corrected chi connectivity index (χ0v) is 11.9. The number of aliphatic hydroxyl groups is 1. The van der Waals surface area contributed by atoms with Gasteiger partial charge in [0, 0.05) is 31.9 Å². The van der Waals surface area contributed by atoms with E-state index in [-0.39, 0.29) is 6.61 Å². The van der Waals surface area contributed by atoms with E-state index in [0.717, 1.165) is 50.4 Å². The number of aromatic carboxylic acids is 1. The van der Waals surface area contributed by atoms with E-state index in [1.807, 2.05) is 19.1 Å². The summed E-state index contributed by atoms with van der Waals surface area (Å²) in [4.78, 5) is 15.6. The van der Waals surface area contributed by atoms with Crippen molar-refractivity contribution in [1.82, 2.24) is 4.90 Å². The highest BCUT2D eigenvalue weighted by Gasteiger charge is 2.16. The monoisotopic (exact) mass is 278 g/mol. The van der Waals surface area contributed by atoms with Crippen LogP contribution in [0.4, 0.5) is 5.69 Å². The molecule has 5 heteroatoms. The molecule has 0 atom stereocenters. The van der Waals surface area contributed by atoms with Crippen LogP contribution in [0.25, 0.3) is 0 Å². The fourth-order valence-electron chi connectivity index (χ4n) is 2.68. The molecule has 0 radical (unpaired) electrons. The Labute approximate surface area is 119 Å². The van der Waals surface area contributed by atoms with E-state index in [2.05, 4.69) is 9.80 Å². The molecule has 1 saturated heterocycles. The third-order valence-electron chi connectivity index (χ3n) is 3.81. The first-order valence-corrected chi connectivity index (χ1v) is 7.04. The zero-order chi connectivity index (χ0) is 14.5. The zero-order valence-electron chi connectivity index (χ0n) is 11.9. The number of anilines is 1. The molecule has 2 N–H and O–H groups in total. The second-order valence-electron chi connectivity index (χ2n) is 5.21. The number of nitrogens with zero attached hydrogens (tertiary/aromatic N) is 2. The predicted octanol–water partition coefficient (Wildman–Crippen LogP) is 1.20. The van der Waals surface area contributed by atoms with Crippen LogP contribution in [0.5, 0.6) is 0 Å². The van der Waals surface area contributed by atoms with Gasteiger partial charge >= 0.3 is 5.97 Å². The molecule has 0 aliphatic carbocycles. The quantitative estimate of drug-likeness (QED) is 0.866. The van der Waals surface area contributed by atoms with Gasteiger partial charge in [0.25, 0.3) is 0 Å². The maximum absolute atomic E-state index is 11.0. The molecule has 110 valence electrons. The lowest BCUT2D eigenvalue weighted by Crippen LogP contribution is -2.32. The molecule has 0 amide bonds. The largest absolute Gasteiger partial charge is 0.478 e. The van der Waals surface area contributed by atoms with Crippen LogP contribution in [-0.2, 0) is 0 Å². The number of carboxylic acid groups (broad SMARTS) is 1. The molecular formula is C15H22N2O3. The van der Waals surface area contributed by atoms with Crippen molar-refractivity contribution in [2.45, 2.75) is 13.3 Å². The SMILES string of the molecule is Cc1cc(N2CCCN(CCO)CC2)ccc1C(=O)O. The summed E-state index contributed by atoms with van der Waals surface area (Å²) in [5.41, 5.74) is 2.25. The number of carbonyl (C=O) groups is 1. The molecular weight excluding hydrogens is 256 g/mol. The van der Waals surface area contributed by atoms with Gasteiger partial charge in [0.2, 0.25) is 0 Å². The van der Waals surface area contributed by atoms with E-state index >= 15 is 0 Å². The molecule has 0 aromatic heterocycles. The normalized spacial score (nSPS) is 17.0. The van der Waals surface area contributed by atoms with Crippen molar-refractivity contribution in [1.29, 1.82) is 0 Å². The highest BCUT2D eigenvalue weighted by molar-refractivity contribution is 5.89. The van der Waals surface area contributed by atoms with Crippen LogP contribution in [0, 0.1) is 6.92 Å². The second kappa shape index (κ2) is 6.72. The van der Waals surface area contributed by atoms with Crippen LogP contribution >= 0.6 is 0 Å². The molecule has 5 nitrogen and oxygen atoms in total. The Balaban J connectivity index is 2.08. The molecule has 1 aromatic rings. The molecule has 1 aliphatic heterocycles. The maximum atomic E-state index is 11.0. The number of hydrogen-bond donors (Lipinski definition) is 2. The Morgan fingerprint density at radius 3 is 2.70 bits per heavy atom. The predicted molar refractivity (Wildman–Crippen MR) is 78.5 cm³/mol. The highest BCUT2D eigenvalue weighted by Crippen LogP contribution is 2.20. The average molecular weight is 278 g/mol. The molecule has 0 saturated carbocycles. The van der Waals surface area contributed by atoms with Crippen molar-refractivity contribution in [2.75, 3.05) is 44.2 Å². The first-order valence-electron chi connectivity index (χ1n) is 7.04. The van der Waals surface area contributed by atoms with Gasteiger partial charge in [0.1, 0.15) is 0 Å². The Bertz CT molecular complexity index is 476. The van der Waals surface area contributed by atoms with E-state index in [1.54, 1.807) is 6.07 Å². The minimum absolute atomic E-state index is 0.201. The van der Waals surface area contributed by atoms with Gasteiger partial charge in [-0.1, -0.05) is 0 Å². The van der Waals surface area contributed by atoms with Crippen molar-refractivity contribution < 1.29 is 15.0 Å². The lowest BCUT2D eigenvalue weighted by molar-refractivity contribution is 0.0696. The van der Waals surface area contributed by atoms with Crippen LogP contribution in [0.3, 0.4) is 0 Å². The topological polar surface area (TPSA) is 64.0 Å². The number of hydrogen-bond acceptors (Lipinski definition) is 4.